The number of pyridine rings is 1. The van der Waals surface area contributed by atoms with E-state index in [1.165, 1.54) is 16.6 Å². The summed E-state index contributed by atoms with van der Waals surface area (Å²) in [4.78, 5) is 3.81. The molecule has 0 aliphatic carbocycles. The molecule has 0 spiro atoms. The van der Waals surface area contributed by atoms with Gasteiger partial charge in [0.1, 0.15) is 0 Å². The van der Waals surface area contributed by atoms with Gasteiger partial charge >= 0.3 is 0 Å². The Hall–Kier alpha value is -1.57. The second kappa shape index (κ2) is 6.51. The highest BCUT2D eigenvalue weighted by molar-refractivity contribution is 7.89. The molecule has 23 heavy (non-hydrogen) atoms. The molecule has 1 aromatic heterocycles. The van der Waals surface area contributed by atoms with Crippen LogP contribution in [0.1, 0.15) is 19.8 Å². The maximum atomic E-state index is 14.2. The SMILES string of the molecule is CC1CNCCCCN1S(=O)(=O)c1cccc2cncc(F)c12. The number of fused-ring (bicyclic) bond motifs is 1. The molecule has 5 nitrogen and oxygen atoms in total. The third-order valence-electron chi connectivity index (χ3n) is 4.20. The maximum absolute atomic E-state index is 14.2. The minimum absolute atomic E-state index is 0.0160. The molecule has 2 heterocycles. The number of nitrogens with one attached hydrogen (secondary N) is 1. The topological polar surface area (TPSA) is 62.3 Å². The van der Waals surface area contributed by atoms with Gasteiger partial charge in [-0.15, -0.1) is 0 Å². The average Bonchev–Trinajstić information content (AvgIpc) is 2.50. The predicted octanol–water partition coefficient (Wildman–Crippen LogP) is 2.14. The fourth-order valence-corrected chi connectivity index (χ4v) is 4.90. The highest BCUT2D eigenvalue weighted by Crippen LogP contribution is 2.28. The van der Waals surface area contributed by atoms with Gasteiger partial charge in [-0.2, -0.15) is 4.31 Å². The van der Waals surface area contributed by atoms with Crippen LogP contribution in [0.3, 0.4) is 0 Å². The van der Waals surface area contributed by atoms with Crippen LogP contribution in [0, 0.1) is 5.82 Å². The van der Waals surface area contributed by atoms with E-state index in [0.717, 1.165) is 25.6 Å². The summed E-state index contributed by atoms with van der Waals surface area (Å²) >= 11 is 0. The molecule has 0 saturated carbocycles. The van der Waals surface area contributed by atoms with Crippen LogP contribution in [0.4, 0.5) is 4.39 Å². The van der Waals surface area contributed by atoms with Gasteiger partial charge in [0, 0.05) is 36.1 Å². The fourth-order valence-electron chi connectivity index (χ4n) is 3.01. The standard InChI is InChI=1S/C16H20FN3O2S/c1-12-9-18-7-2-3-8-20(12)23(21,22)15-6-4-5-13-10-19-11-14(17)16(13)15/h4-6,10-12,18H,2-3,7-9H2,1H3. The highest BCUT2D eigenvalue weighted by atomic mass is 32.2. The van der Waals surface area contributed by atoms with Crippen molar-refractivity contribution in [2.45, 2.75) is 30.7 Å². The van der Waals surface area contributed by atoms with Crippen LogP contribution < -0.4 is 5.32 Å². The lowest BCUT2D eigenvalue weighted by molar-refractivity contribution is 0.301. The molecule has 1 aliphatic heterocycles. The summed E-state index contributed by atoms with van der Waals surface area (Å²) in [5.74, 6) is -0.612. The third kappa shape index (κ3) is 3.08. The van der Waals surface area contributed by atoms with Crippen molar-refractivity contribution < 1.29 is 12.8 Å². The zero-order valence-electron chi connectivity index (χ0n) is 13.0. The number of rotatable bonds is 2. The molecule has 1 unspecified atom stereocenters. The second-order valence-corrected chi connectivity index (χ2v) is 7.71. The van der Waals surface area contributed by atoms with E-state index in [0.29, 0.717) is 18.5 Å². The first-order valence-corrected chi connectivity index (χ1v) is 9.20. The summed E-state index contributed by atoms with van der Waals surface area (Å²) in [6, 6.07) is 4.59. The normalized spacial score (nSPS) is 21.0. The van der Waals surface area contributed by atoms with Gasteiger partial charge in [0.25, 0.3) is 0 Å². The van der Waals surface area contributed by atoms with Crippen LogP contribution >= 0.6 is 0 Å². The summed E-state index contributed by atoms with van der Waals surface area (Å²) in [6.07, 6.45) is 4.24. The Labute approximate surface area is 135 Å². The van der Waals surface area contributed by atoms with E-state index in [9.17, 15) is 12.8 Å². The summed E-state index contributed by atoms with van der Waals surface area (Å²) < 4.78 is 42.0. The zero-order chi connectivity index (χ0) is 16.4. The molecule has 1 aliphatic rings. The average molecular weight is 337 g/mol. The van der Waals surface area contributed by atoms with Crippen molar-refractivity contribution in [1.29, 1.82) is 0 Å². The molecule has 0 bridgehead atoms. The molecular weight excluding hydrogens is 317 g/mol. The van der Waals surface area contributed by atoms with Crippen molar-refractivity contribution in [3.05, 3.63) is 36.4 Å². The van der Waals surface area contributed by atoms with Gasteiger partial charge in [-0.05, 0) is 32.4 Å². The zero-order valence-corrected chi connectivity index (χ0v) is 13.8. The van der Waals surface area contributed by atoms with E-state index in [1.807, 2.05) is 6.92 Å². The molecule has 1 saturated heterocycles. The highest BCUT2D eigenvalue weighted by Gasteiger charge is 2.31. The quantitative estimate of drug-likeness (QED) is 0.912. The first kappa shape index (κ1) is 16.3. The fraction of sp³-hybridized carbons (Fsp3) is 0.438. The van der Waals surface area contributed by atoms with Gasteiger partial charge in [-0.1, -0.05) is 12.1 Å². The Morgan fingerprint density at radius 2 is 2.13 bits per heavy atom. The molecule has 1 N–H and O–H groups in total. The number of benzene rings is 1. The van der Waals surface area contributed by atoms with Crippen LogP contribution in [0.2, 0.25) is 0 Å². The monoisotopic (exact) mass is 337 g/mol. The van der Waals surface area contributed by atoms with Gasteiger partial charge in [-0.25, -0.2) is 12.8 Å². The molecule has 1 aromatic carbocycles. The molecule has 124 valence electrons. The van der Waals surface area contributed by atoms with Gasteiger partial charge in [-0.3, -0.25) is 4.98 Å². The van der Waals surface area contributed by atoms with E-state index in [1.54, 1.807) is 12.1 Å². The number of aromatic nitrogens is 1. The van der Waals surface area contributed by atoms with Crippen LogP contribution in [-0.2, 0) is 10.0 Å². The number of hydrogen-bond donors (Lipinski definition) is 1. The summed E-state index contributed by atoms with van der Waals surface area (Å²) in [7, 11) is -3.77. The molecule has 7 heteroatoms. The molecule has 2 aromatic rings. The van der Waals surface area contributed by atoms with E-state index in [2.05, 4.69) is 10.3 Å². The van der Waals surface area contributed by atoms with Crippen LogP contribution in [0.5, 0.6) is 0 Å². The first-order chi connectivity index (χ1) is 11.0. The lowest BCUT2D eigenvalue weighted by Gasteiger charge is -2.31. The minimum Gasteiger partial charge on any atom is -0.315 e. The van der Waals surface area contributed by atoms with Gasteiger partial charge in [0.15, 0.2) is 5.82 Å². The van der Waals surface area contributed by atoms with E-state index >= 15 is 0 Å². The summed E-state index contributed by atoms with van der Waals surface area (Å²) in [5.41, 5.74) is 0. The minimum atomic E-state index is -3.77. The Morgan fingerprint density at radius 1 is 1.30 bits per heavy atom. The molecule has 3 rings (SSSR count). The second-order valence-electron chi connectivity index (χ2n) is 5.85. The Morgan fingerprint density at radius 3 is 2.96 bits per heavy atom. The number of sulfonamides is 1. The van der Waals surface area contributed by atoms with Crippen molar-refractivity contribution in [2.24, 2.45) is 0 Å². The molecule has 0 amide bonds. The van der Waals surface area contributed by atoms with Crippen molar-refractivity contribution in [3.63, 3.8) is 0 Å². The summed E-state index contributed by atoms with van der Waals surface area (Å²) in [5, 5.41) is 3.85. The summed E-state index contributed by atoms with van der Waals surface area (Å²) in [6.45, 7) is 3.81. The predicted molar refractivity (Wildman–Crippen MR) is 87.2 cm³/mol. The number of nitrogens with zero attached hydrogens (tertiary/aromatic N) is 2. The molecule has 0 radical (unpaired) electrons. The van der Waals surface area contributed by atoms with E-state index < -0.39 is 15.8 Å². The van der Waals surface area contributed by atoms with Gasteiger partial charge in [0.05, 0.1) is 11.1 Å². The van der Waals surface area contributed by atoms with Crippen molar-refractivity contribution in [3.8, 4) is 0 Å². The van der Waals surface area contributed by atoms with Crippen molar-refractivity contribution in [2.75, 3.05) is 19.6 Å². The van der Waals surface area contributed by atoms with Crippen molar-refractivity contribution in [1.82, 2.24) is 14.6 Å². The van der Waals surface area contributed by atoms with Crippen molar-refractivity contribution >= 4 is 20.8 Å². The van der Waals surface area contributed by atoms with Crippen LogP contribution in [-0.4, -0.2) is 43.4 Å². The molecular formula is C16H20FN3O2S. The van der Waals surface area contributed by atoms with Crippen LogP contribution in [0.25, 0.3) is 10.8 Å². The number of hydrogen-bond acceptors (Lipinski definition) is 4. The smallest absolute Gasteiger partial charge is 0.244 e. The number of halogens is 1. The maximum Gasteiger partial charge on any atom is 0.244 e. The van der Waals surface area contributed by atoms with Gasteiger partial charge in [0.2, 0.25) is 10.0 Å². The molecule has 1 fully saturated rings. The van der Waals surface area contributed by atoms with Gasteiger partial charge < -0.3 is 5.32 Å². The Balaban J connectivity index is 2.12. The third-order valence-corrected chi connectivity index (χ3v) is 6.25. The lowest BCUT2D eigenvalue weighted by atomic mass is 10.2. The van der Waals surface area contributed by atoms with E-state index in [4.69, 9.17) is 0 Å². The van der Waals surface area contributed by atoms with E-state index in [-0.39, 0.29) is 16.3 Å². The Kier molecular flexibility index (Phi) is 4.61. The lowest BCUT2D eigenvalue weighted by Crippen LogP contribution is -2.46. The first-order valence-electron chi connectivity index (χ1n) is 7.76. The Bertz CT molecular complexity index is 805. The largest absolute Gasteiger partial charge is 0.315 e. The van der Waals surface area contributed by atoms with Crippen LogP contribution in [0.15, 0.2) is 35.5 Å². The molecule has 1 atom stereocenters.